The van der Waals surface area contributed by atoms with Crippen molar-refractivity contribution in [2.75, 3.05) is 6.54 Å². The second-order valence-corrected chi connectivity index (χ2v) is 9.93. The first kappa shape index (κ1) is 24.6. The van der Waals surface area contributed by atoms with E-state index in [0.717, 1.165) is 28.7 Å². The Kier molecular flexibility index (Phi) is 8.00. The largest absolute Gasteiger partial charge is 0.481 e. The lowest BCUT2D eigenvalue weighted by Gasteiger charge is -2.29. The number of aromatic nitrogens is 1. The highest BCUT2D eigenvalue weighted by Gasteiger charge is 2.31. The van der Waals surface area contributed by atoms with Gasteiger partial charge in [-0.2, -0.15) is 4.31 Å². The van der Waals surface area contributed by atoms with Crippen molar-refractivity contribution < 1.29 is 18.3 Å². The monoisotopic (exact) mass is 466 g/mol. The summed E-state index contributed by atoms with van der Waals surface area (Å²) < 4.78 is 28.8. The minimum Gasteiger partial charge on any atom is -0.481 e. The molecule has 0 aliphatic rings. The van der Waals surface area contributed by atoms with E-state index in [1.165, 1.54) is 4.31 Å². The number of aliphatic carboxylic acids is 1. The molecule has 0 unspecified atom stereocenters. The number of aryl methyl sites for hydroxylation is 2. The van der Waals surface area contributed by atoms with Crippen LogP contribution in [-0.4, -0.2) is 35.3 Å². The van der Waals surface area contributed by atoms with E-state index in [2.05, 4.69) is 11.9 Å². The molecule has 0 saturated heterocycles. The van der Waals surface area contributed by atoms with Gasteiger partial charge in [0.1, 0.15) is 0 Å². The number of carboxylic acid groups (broad SMARTS) is 1. The molecule has 33 heavy (non-hydrogen) atoms. The number of hydrogen-bond donors (Lipinski definition) is 1. The van der Waals surface area contributed by atoms with E-state index in [1.807, 2.05) is 43.5 Å². The van der Waals surface area contributed by atoms with Crippen molar-refractivity contribution in [3.05, 3.63) is 83.7 Å². The van der Waals surface area contributed by atoms with Gasteiger partial charge in [0.05, 0.1) is 4.90 Å². The molecule has 0 amide bonds. The van der Waals surface area contributed by atoms with E-state index < -0.39 is 22.0 Å². The number of pyridine rings is 1. The number of benzene rings is 2. The number of rotatable bonds is 10. The Morgan fingerprint density at radius 2 is 1.88 bits per heavy atom. The molecule has 1 heterocycles. The van der Waals surface area contributed by atoms with Crippen LogP contribution >= 0.6 is 0 Å². The predicted octanol–water partition coefficient (Wildman–Crippen LogP) is 5.24. The first-order chi connectivity index (χ1) is 15.8. The van der Waals surface area contributed by atoms with Crippen molar-refractivity contribution >= 4 is 16.0 Å². The summed E-state index contributed by atoms with van der Waals surface area (Å²) in [7, 11) is -3.84. The Labute approximate surface area is 196 Å². The summed E-state index contributed by atoms with van der Waals surface area (Å²) in [6.07, 6.45) is 4.59. The van der Waals surface area contributed by atoms with Crippen LogP contribution in [0.1, 0.15) is 49.4 Å². The van der Waals surface area contributed by atoms with Crippen LogP contribution in [0, 0.1) is 6.92 Å². The van der Waals surface area contributed by atoms with Crippen LogP contribution in [-0.2, 0) is 21.2 Å². The van der Waals surface area contributed by atoms with Crippen molar-refractivity contribution in [2.24, 2.45) is 0 Å². The number of carbonyl (C=O) groups is 1. The van der Waals surface area contributed by atoms with Crippen LogP contribution < -0.4 is 0 Å². The molecule has 7 heteroatoms. The maximum atomic E-state index is 13.7. The number of carboxylic acids is 1. The third-order valence-corrected chi connectivity index (χ3v) is 7.98. The van der Waals surface area contributed by atoms with Crippen LogP contribution in [0.3, 0.4) is 0 Å². The van der Waals surface area contributed by atoms with E-state index >= 15 is 0 Å². The van der Waals surface area contributed by atoms with Crippen LogP contribution in [0.4, 0.5) is 0 Å². The Hall–Kier alpha value is -3.03. The molecular weight excluding hydrogens is 436 g/mol. The molecule has 0 aliphatic heterocycles. The summed E-state index contributed by atoms with van der Waals surface area (Å²) in [5.41, 5.74) is 4.69. The predicted molar refractivity (Wildman–Crippen MR) is 129 cm³/mol. The van der Waals surface area contributed by atoms with Gasteiger partial charge in [0.2, 0.25) is 10.0 Å². The minimum absolute atomic E-state index is 0.0938. The second kappa shape index (κ2) is 10.7. The molecule has 2 aromatic carbocycles. The normalized spacial score (nSPS) is 12.6. The SMILES string of the molecule is CCc1cnccc1-c1cccc([C@H](C)N(CCCC(=O)O)S(=O)(=O)c2ccccc2C)c1. The molecule has 0 bridgehead atoms. The summed E-state index contributed by atoms with van der Waals surface area (Å²) in [6, 6.07) is 16.2. The van der Waals surface area contributed by atoms with Crippen molar-refractivity contribution in [2.45, 2.75) is 51.0 Å². The van der Waals surface area contributed by atoms with Gasteiger partial charge in [0.15, 0.2) is 0 Å². The molecule has 0 spiro atoms. The highest BCUT2D eigenvalue weighted by atomic mass is 32.2. The van der Waals surface area contributed by atoms with Gasteiger partial charge in [0, 0.05) is 31.4 Å². The molecule has 0 aliphatic carbocycles. The van der Waals surface area contributed by atoms with Gasteiger partial charge in [0.25, 0.3) is 0 Å². The molecule has 3 rings (SSSR count). The van der Waals surface area contributed by atoms with Crippen LogP contribution in [0.25, 0.3) is 11.1 Å². The summed E-state index contributed by atoms with van der Waals surface area (Å²) >= 11 is 0. The van der Waals surface area contributed by atoms with Gasteiger partial charge in [-0.1, -0.05) is 43.3 Å². The van der Waals surface area contributed by atoms with Crippen molar-refractivity contribution in [1.29, 1.82) is 0 Å². The summed E-state index contributed by atoms with van der Waals surface area (Å²) in [5.74, 6) is -0.942. The smallest absolute Gasteiger partial charge is 0.303 e. The zero-order valence-electron chi connectivity index (χ0n) is 19.2. The summed E-state index contributed by atoms with van der Waals surface area (Å²) in [6.45, 7) is 5.81. The zero-order valence-corrected chi connectivity index (χ0v) is 20.0. The Morgan fingerprint density at radius 1 is 1.12 bits per heavy atom. The minimum atomic E-state index is -3.84. The van der Waals surface area contributed by atoms with Crippen molar-refractivity contribution in [3.8, 4) is 11.1 Å². The van der Waals surface area contributed by atoms with Crippen LogP contribution in [0.5, 0.6) is 0 Å². The fourth-order valence-electron chi connectivity index (χ4n) is 4.00. The third kappa shape index (κ3) is 5.67. The van der Waals surface area contributed by atoms with E-state index in [1.54, 1.807) is 37.4 Å². The average Bonchev–Trinajstić information content (AvgIpc) is 2.81. The molecule has 6 nitrogen and oxygen atoms in total. The highest BCUT2D eigenvalue weighted by molar-refractivity contribution is 7.89. The lowest BCUT2D eigenvalue weighted by atomic mass is 9.97. The van der Waals surface area contributed by atoms with Gasteiger partial charge in [-0.25, -0.2) is 8.42 Å². The lowest BCUT2D eigenvalue weighted by Crippen LogP contribution is -2.35. The molecule has 3 aromatic rings. The third-order valence-electron chi connectivity index (χ3n) is 5.85. The van der Waals surface area contributed by atoms with Crippen LogP contribution in [0.2, 0.25) is 0 Å². The Balaban J connectivity index is 2.02. The van der Waals surface area contributed by atoms with Gasteiger partial charge >= 0.3 is 5.97 Å². The molecular formula is C26H30N2O4S. The van der Waals surface area contributed by atoms with Crippen molar-refractivity contribution in [1.82, 2.24) is 9.29 Å². The van der Waals surface area contributed by atoms with Gasteiger partial charge in [-0.15, -0.1) is 0 Å². The zero-order chi connectivity index (χ0) is 24.0. The first-order valence-electron chi connectivity index (χ1n) is 11.1. The quantitative estimate of drug-likeness (QED) is 0.442. The number of hydrogen-bond acceptors (Lipinski definition) is 4. The van der Waals surface area contributed by atoms with Gasteiger partial charge in [-0.05, 0) is 72.7 Å². The molecule has 0 radical (unpaired) electrons. The summed E-state index contributed by atoms with van der Waals surface area (Å²) in [5, 5.41) is 9.08. The fraction of sp³-hybridized carbons (Fsp3) is 0.308. The van der Waals surface area contributed by atoms with E-state index in [0.29, 0.717) is 5.56 Å². The van der Waals surface area contributed by atoms with Gasteiger partial charge < -0.3 is 5.11 Å². The molecule has 1 aromatic heterocycles. The molecule has 0 saturated carbocycles. The Bertz CT molecular complexity index is 1220. The standard InChI is InChI=1S/C26H30N2O4S/c1-4-21-18-27-15-14-24(21)23-11-7-10-22(17-23)20(3)28(16-8-13-26(29)30)33(31,32)25-12-6-5-9-19(25)2/h5-7,9-12,14-15,17-18,20H,4,8,13,16H2,1-3H3,(H,29,30)/t20-/m0/s1. The highest BCUT2D eigenvalue weighted by Crippen LogP contribution is 2.32. The number of nitrogens with zero attached hydrogens (tertiary/aromatic N) is 2. The molecule has 0 fully saturated rings. The molecule has 1 atom stereocenters. The van der Waals surface area contributed by atoms with E-state index in [4.69, 9.17) is 5.11 Å². The lowest BCUT2D eigenvalue weighted by molar-refractivity contribution is -0.137. The molecule has 174 valence electrons. The fourth-order valence-corrected chi connectivity index (χ4v) is 5.89. The number of sulfonamides is 1. The van der Waals surface area contributed by atoms with Gasteiger partial charge in [-0.3, -0.25) is 9.78 Å². The second-order valence-electron chi connectivity index (χ2n) is 8.07. The van der Waals surface area contributed by atoms with E-state index in [-0.39, 0.29) is 24.3 Å². The van der Waals surface area contributed by atoms with Crippen molar-refractivity contribution in [3.63, 3.8) is 0 Å². The summed E-state index contributed by atoms with van der Waals surface area (Å²) in [4.78, 5) is 15.5. The van der Waals surface area contributed by atoms with E-state index in [9.17, 15) is 13.2 Å². The molecule has 1 N–H and O–H groups in total. The average molecular weight is 467 g/mol. The topological polar surface area (TPSA) is 87.6 Å². The maximum Gasteiger partial charge on any atom is 0.303 e. The van der Waals surface area contributed by atoms with Crippen LogP contribution in [0.15, 0.2) is 71.9 Å². The Morgan fingerprint density at radius 3 is 2.58 bits per heavy atom. The first-order valence-corrected chi connectivity index (χ1v) is 12.5. The maximum absolute atomic E-state index is 13.7.